The van der Waals surface area contributed by atoms with Gasteiger partial charge in [-0.2, -0.15) is 13.2 Å². The van der Waals surface area contributed by atoms with Gasteiger partial charge in [0.2, 0.25) is 5.76 Å². The predicted molar refractivity (Wildman–Crippen MR) is 112 cm³/mol. The van der Waals surface area contributed by atoms with E-state index in [4.69, 9.17) is 18.9 Å². The highest BCUT2D eigenvalue weighted by Crippen LogP contribution is 2.43. The minimum absolute atomic E-state index is 0.114. The van der Waals surface area contributed by atoms with Crippen molar-refractivity contribution in [1.29, 1.82) is 0 Å². The number of esters is 2. The molecule has 0 saturated heterocycles. The molecular formula is C24H23F3O7. The highest BCUT2D eigenvalue weighted by Gasteiger charge is 2.64. The van der Waals surface area contributed by atoms with Gasteiger partial charge in [0.25, 0.3) is 5.60 Å². The molecule has 182 valence electrons. The number of ether oxygens (including phenoxy) is 5. The summed E-state index contributed by atoms with van der Waals surface area (Å²) in [4.78, 5) is 24.6. The van der Waals surface area contributed by atoms with Crippen LogP contribution in [0, 0.1) is 5.92 Å². The number of carbonyl (C=O) groups excluding carboxylic acids is 2. The van der Waals surface area contributed by atoms with Crippen molar-refractivity contribution in [3.8, 4) is 0 Å². The van der Waals surface area contributed by atoms with Gasteiger partial charge in [-0.1, -0.05) is 48.6 Å². The van der Waals surface area contributed by atoms with Crippen LogP contribution in [-0.2, 0) is 38.9 Å². The summed E-state index contributed by atoms with van der Waals surface area (Å²) in [7, 11) is 2.01. The Morgan fingerprint density at radius 3 is 2.47 bits per heavy atom. The quantitative estimate of drug-likeness (QED) is 0.534. The standard InChI is InChI=1S/C24H23F3O7/c1-15-20(21(28)30-2)34-19(14-32-15)17-9-7-8-16(12-17)13-33-22(29)23(31-3,24(25,26)27)18-10-5-4-6-11-18/h4-11,14,16H,12-13H2,1-3H3. The monoisotopic (exact) mass is 480 g/mol. The Labute approximate surface area is 194 Å². The van der Waals surface area contributed by atoms with E-state index in [1.54, 1.807) is 18.2 Å². The number of alkyl halides is 3. The zero-order valence-corrected chi connectivity index (χ0v) is 18.7. The molecule has 0 radical (unpaired) electrons. The molecule has 1 aliphatic carbocycles. The molecule has 0 bridgehead atoms. The number of hydrogen-bond donors (Lipinski definition) is 0. The molecule has 2 unspecified atom stereocenters. The van der Waals surface area contributed by atoms with Gasteiger partial charge in [-0.25, -0.2) is 9.59 Å². The van der Waals surface area contributed by atoms with Crippen LogP contribution in [0.15, 0.2) is 77.7 Å². The molecule has 10 heteroatoms. The average Bonchev–Trinajstić information content (AvgIpc) is 2.83. The zero-order valence-electron chi connectivity index (χ0n) is 18.7. The fourth-order valence-electron chi connectivity index (χ4n) is 3.54. The number of rotatable bonds is 7. The Hall–Kier alpha value is -3.53. The van der Waals surface area contributed by atoms with Crippen molar-refractivity contribution in [2.75, 3.05) is 20.8 Å². The average molecular weight is 480 g/mol. The minimum Gasteiger partial charge on any atom is -0.463 e. The van der Waals surface area contributed by atoms with Crippen molar-refractivity contribution in [3.05, 3.63) is 83.2 Å². The van der Waals surface area contributed by atoms with Gasteiger partial charge in [0.05, 0.1) is 13.7 Å². The van der Waals surface area contributed by atoms with Gasteiger partial charge in [-0.15, -0.1) is 0 Å². The first-order valence-corrected chi connectivity index (χ1v) is 10.2. The third-order valence-electron chi connectivity index (χ3n) is 5.33. The lowest BCUT2D eigenvalue weighted by Crippen LogP contribution is -2.52. The van der Waals surface area contributed by atoms with Gasteiger partial charge in [-0.05, 0) is 18.9 Å². The summed E-state index contributed by atoms with van der Waals surface area (Å²) >= 11 is 0. The van der Waals surface area contributed by atoms with Crippen LogP contribution >= 0.6 is 0 Å². The van der Waals surface area contributed by atoms with Gasteiger partial charge in [0, 0.05) is 18.6 Å². The van der Waals surface area contributed by atoms with E-state index in [0.29, 0.717) is 5.57 Å². The fraction of sp³-hybridized carbons (Fsp3) is 0.333. The summed E-state index contributed by atoms with van der Waals surface area (Å²) in [6.07, 6.45) is 1.54. The van der Waals surface area contributed by atoms with E-state index in [1.165, 1.54) is 38.5 Å². The smallest absolute Gasteiger partial charge is 0.432 e. The van der Waals surface area contributed by atoms with Crippen LogP contribution < -0.4 is 0 Å². The van der Waals surface area contributed by atoms with Gasteiger partial charge in [0.1, 0.15) is 6.26 Å². The summed E-state index contributed by atoms with van der Waals surface area (Å²) in [5, 5.41) is 0. The van der Waals surface area contributed by atoms with Crippen LogP contribution in [0.25, 0.3) is 0 Å². The summed E-state index contributed by atoms with van der Waals surface area (Å²) in [5.74, 6) is -2.41. The molecule has 0 aromatic heterocycles. The molecule has 1 aromatic rings. The molecule has 1 aromatic carbocycles. The van der Waals surface area contributed by atoms with Crippen molar-refractivity contribution >= 4 is 11.9 Å². The second-order valence-corrected chi connectivity index (χ2v) is 7.47. The largest absolute Gasteiger partial charge is 0.463 e. The maximum Gasteiger partial charge on any atom is 0.432 e. The number of hydrogen-bond acceptors (Lipinski definition) is 7. The van der Waals surface area contributed by atoms with Crippen molar-refractivity contribution in [2.24, 2.45) is 5.92 Å². The van der Waals surface area contributed by atoms with E-state index in [1.807, 2.05) is 0 Å². The Balaban J connectivity index is 1.71. The predicted octanol–water partition coefficient (Wildman–Crippen LogP) is 4.43. The lowest BCUT2D eigenvalue weighted by molar-refractivity contribution is -0.276. The van der Waals surface area contributed by atoms with E-state index >= 15 is 0 Å². The first-order chi connectivity index (χ1) is 16.1. The first-order valence-electron chi connectivity index (χ1n) is 10.2. The van der Waals surface area contributed by atoms with Crippen LogP contribution in [0.4, 0.5) is 13.2 Å². The number of benzene rings is 1. The normalized spacial score (nSPS) is 19.8. The second-order valence-electron chi connectivity index (χ2n) is 7.47. The molecule has 2 aliphatic rings. The molecule has 0 spiro atoms. The van der Waals surface area contributed by atoms with E-state index in [-0.39, 0.29) is 35.9 Å². The van der Waals surface area contributed by atoms with Crippen LogP contribution in [0.2, 0.25) is 0 Å². The molecule has 1 heterocycles. The van der Waals surface area contributed by atoms with Crippen molar-refractivity contribution in [2.45, 2.75) is 25.1 Å². The van der Waals surface area contributed by atoms with Crippen LogP contribution in [0.3, 0.4) is 0 Å². The molecule has 34 heavy (non-hydrogen) atoms. The lowest BCUT2D eigenvalue weighted by Gasteiger charge is -2.33. The number of carbonyl (C=O) groups is 2. The lowest BCUT2D eigenvalue weighted by atomic mass is 9.92. The maximum absolute atomic E-state index is 14.0. The van der Waals surface area contributed by atoms with E-state index < -0.39 is 29.6 Å². The third-order valence-corrected chi connectivity index (χ3v) is 5.33. The van der Waals surface area contributed by atoms with Crippen LogP contribution in [0.1, 0.15) is 18.9 Å². The molecule has 0 N–H and O–H groups in total. The van der Waals surface area contributed by atoms with Crippen molar-refractivity contribution < 1.29 is 46.4 Å². The van der Waals surface area contributed by atoms with Gasteiger partial charge in [0.15, 0.2) is 11.5 Å². The van der Waals surface area contributed by atoms with Crippen LogP contribution in [0.5, 0.6) is 0 Å². The van der Waals surface area contributed by atoms with Crippen LogP contribution in [-0.4, -0.2) is 38.9 Å². The molecule has 2 atom stereocenters. The topological polar surface area (TPSA) is 80.3 Å². The SMILES string of the molecule is COC(=O)C1=C(C)OC=C(C2=CC=CC(COC(=O)C(OC)(c3ccccc3)C(F)(F)F)C2)O1. The number of halogens is 3. The highest BCUT2D eigenvalue weighted by atomic mass is 19.4. The van der Waals surface area contributed by atoms with Gasteiger partial charge >= 0.3 is 18.1 Å². The second kappa shape index (κ2) is 10.2. The number of allylic oxidation sites excluding steroid dienone is 4. The summed E-state index contributed by atoms with van der Waals surface area (Å²) in [6, 6.07) is 6.59. The Morgan fingerprint density at radius 1 is 1.15 bits per heavy atom. The Kier molecular flexibility index (Phi) is 7.51. The van der Waals surface area contributed by atoms with Gasteiger partial charge < -0.3 is 23.7 Å². The highest BCUT2D eigenvalue weighted by molar-refractivity contribution is 5.87. The summed E-state index contributed by atoms with van der Waals surface area (Å²) in [6.45, 7) is 1.19. The molecule has 0 amide bonds. The molecule has 7 nitrogen and oxygen atoms in total. The maximum atomic E-state index is 14.0. The molecule has 3 rings (SSSR count). The van der Waals surface area contributed by atoms with E-state index in [0.717, 1.165) is 19.2 Å². The third kappa shape index (κ3) is 4.86. The Bertz CT molecular complexity index is 1050. The zero-order chi connectivity index (χ0) is 24.9. The minimum atomic E-state index is -5.06. The van der Waals surface area contributed by atoms with E-state index in [9.17, 15) is 22.8 Å². The first kappa shape index (κ1) is 25.1. The molecule has 0 saturated carbocycles. The van der Waals surface area contributed by atoms with Crippen molar-refractivity contribution in [3.63, 3.8) is 0 Å². The molecule has 1 aliphatic heterocycles. The van der Waals surface area contributed by atoms with Gasteiger partial charge in [-0.3, -0.25) is 0 Å². The van der Waals surface area contributed by atoms with Crippen molar-refractivity contribution in [1.82, 2.24) is 0 Å². The summed E-state index contributed by atoms with van der Waals surface area (Å²) < 4.78 is 67.5. The number of methoxy groups -OCH3 is 2. The molecular weight excluding hydrogens is 457 g/mol. The summed E-state index contributed by atoms with van der Waals surface area (Å²) in [5.41, 5.74) is -3.05. The molecule has 0 fully saturated rings. The fourth-order valence-corrected chi connectivity index (χ4v) is 3.54. The van der Waals surface area contributed by atoms with E-state index in [2.05, 4.69) is 4.74 Å². The Morgan fingerprint density at radius 2 is 1.85 bits per heavy atom.